The standard InChI is InChI=1S/C36H34ClFN2O5.C22H22ClFN2O5.2CH4.BrH/c1-39-23-36(17-26(18-36)21-44-20-24-9-4-2-5-10-24)40-19-28(30(41)16-15-27-13-8-14-29(37)31(27)38)33(42)34(32(40)35(39)43)45-22-25-11-6-3-7-12-25;1-25-11-22(7-12(8-22)10-27)26-9-14(19(29)20(30)18(26)21(25)31)16(28)6-5-13-3-2-4-15(23)17(13)24;;;/h2-14,19,26H,15-18,20-23H2,1H3;2-4,9,12,27,30H,5-8,10-11H2,1H3;2*1H4;1H. The van der Waals surface area contributed by atoms with Crippen LogP contribution in [-0.2, 0) is 41.9 Å². The molecule has 2 aliphatic heterocycles. The molecule has 420 valence electrons. The Hall–Kier alpha value is -6.50. The van der Waals surface area contributed by atoms with E-state index in [0.29, 0.717) is 57.6 Å². The SMILES string of the molecule is Br.C.C.CN1CC2(CC(CO)C2)n2cc(C(=O)CCc3cccc(Cl)c3F)c(=O)c(O)c2C1=O.CN1CC2(CC(COCc3ccccc3)C2)n2cc(C(=O)CCc3cccc(Cl)c3F)c(=O)c(OCc3ccccc3)c2C1=O. The number of amides is 2. The molecule has 19 heteroatoms. The number of carbonyl (C=O) groups excluding carboxylic acids is 4. The van der Waals surface area contributed by atoms with Crippen molar-refractivity contribution in [2.45, 2.75) is 90.5 Å². The molecule has 0 saturated heterocycles. The highest BCUT2D eigenvalue weighted by molar-refractivity contribution is 8.93. The molecule has 4 heterocycles. The number of carbonyl (C=O) groups is 4. The molecule has 0 unspecified atom stereocenters. The van der Waals surface area contributed by atoms with Crippen LogP contribution in [0.25, 0.3) is 0 Å². The number of ether oxygens (including phenoxy) is 2. The molecule has 2 aliphatic carbocycles. The Morgan fingerprint density at radius 1 is 0.633 bits per heavy atom. The van der Waals surface area contributed by atoms with Gasteiger partial charge in [0.05, 0.1) is 45.5 Å². The summed E-state index contributed by atoms with van der Waals surface area (Å²) in [6, 6.07) is 28.4. The van der Waals surface area contributed by atoms with Crippen LogP contribution < -0.4 is 15.6 Å². The topological polar surface area (TPSA) is 178 Å². The summed E-state index contributed by atoms with van der Waals surface area (Å²) in [5.41, 5.74) is -0.546. The number of aryl methyl sites for hydroxylation is 2. The number of hydrogen-bond donors (Lipinski definition) is 2. The average molecular weight is 1190 g/mol. The summed E-state index contributed by atoms with van der Waals surface area (Å²) >= 11 is 11.7. The Labute approximate surface area is 478 Å². The highest BCUT2D eigenvalue weighted by Gasteiger charge is 2.53. The van der Waals surface area contributed by atoms with Crippen molar-refractivity contribution in [1.29, 1.82) is 0 Å². The van der Waals surface area contributed by atoms with Gasteiger partial charge in [0.15, 0.2) is 34.5 Å². The molecule has 2 saturated carbocycles. The number of likely N-dealkylation sites (N-methyl/N-ethyl adjacent to an activating group) is 2. The fourth-order valence-electron chi connectivity index (χ4n) is 11.2. The minimum Gasteiger partial charge on any atom is -0.503 e. The molecule has 2 amide bonds. The van der Waals surface area contributed by atoms with E-state index in [1.165, 1.54) is 40.1 Å². The van der Waals surface area contributed by atoms with Gasteiger partial charge < -0.3 is 38.6 Å². The van der Waals surface area contributed by atoms with E-state index in [0.717, 1.165) is 11.1 Å². The van der Waals surface area contributed by atoms with Crippen molar-refractivity contribution < 1.29 is 47.6 Å². The number of nitrogens with zero attached hydrogens (tertiary/aromatic N) is 4. The molecule has 2 fully saturated rings. The minimum absolute atomic E-state index is 0. The van der Waals surface area contributed by atoms with Crippen molar-refractivity contribution in [1.82, 2.24) is 18.9 Å². The van der Waals surface area contributed by atoms with Gasteiger partial charge in [-0.3, -0.25) is 28.8 Å². The van der Waals surface area contributed by atoms with Crippen LogP contribution in [0.3, 0.4) is 0 Å². The van der Waals surface area contributed by atoms with Gasteiger partial charge in [0.25, 0.3) is 11.8 Å². The van der Waals surface area contributed by atoms with Crippen molar-refractivity contribution in [3.8, 4) is 11.5 Å². The van der Waals surface area contributed by atoms with E-state index < -0.39 is 56.8 Å². The molecule has 2 spiro atoms. The third-order valence-electron chi connectivity index (χ3n) is 15.1. The number of aliphatic hydroxyl groups is 1. The number of benzene rings is 4. The highest BCUT2D eigenvalue weighted by Crippen LogP contribution is 2.49. The van der Waals surface area contributed by atoms with Gasteiger partial charge in [-0.1, -0.05) is 123 Å². The lowest BCUT2D eigenvalue weighted by Crippen LogP contribution is -2.60. The molecule has 4 aliphatic rings. The maximum atomic E-state index is 14.6. The summed E-state index contributed by atoms with van der Waals surface area (Å²) in [6.45, 7) is 1.88. The fraction of sp³-hybridized carbons (Fsp3) is 0.367. The van der Waals surface area contributed by atoms with Crippen LogP contribution in [0.1, 0.15) is 117 Å². The van der Waals surface area contributed by atoms with Crippen LogP contribution in [0.5, 0.6) is 11.5 Å². The zero-order chi connectivity index (χ0) is 54.1. The van der Waals surface area contributed by atoms with Gasteiger partial charge in [0.1, 0.15) is 18.2 Å². The van der Waals surface area contributed by atoms with Crippen LogP contribution in [0.15, 0.2) is 119 Å². The maximum Gasteiger partial charge on any atom is 0.274 e. The number of rotatable bonds is 16. The zero-order valence-corrected chi connectivity index (χ0v) is 45.5. The number of halogens is 5. The second kappa shape index (κ2) is 25.7. The Bertz CT molecular complexity index is 3350. The molecule has 6 aromatic rings. The Morgan fingerprint density at radius 2 is 1.08 bits per heavy atom. The number of Topliss-reactive ketones (excluding diaryl/α,β-unsaturated/α-hetero) is 2. The maximum absolute atomic E-state index is 14.6. The largest absolute Gasteiger partial charge is 0.503 e. The number of aromatic nitrogens is 2. The predicted molar refractivity (Wildman–Crippen MR) is 304 cm³/mol. The van der Waals surface area contributed by atoms with E-state index in [2.05, 4.69) is 0 Å². The first kappa shape index (κ1) is 61.7. The lowest BCUT2D eigenvalue weighted by molar-refractivity contribution is -0.0324. The first-order valence-electron chi connectivity index (χ1n) is 25.1. The summed E-state index contributed by atoms with van der Waals surface area (Å²) in [5, 5.41) is 19.9. The van der Waals surface area contributed by atoms with E-state index in [1.807, 2.05) is 60.7 Å². The van der Waals surface area contributed by atoms with Gasteiger partial charge in [0, 0.05) is 59.0 Å². The quantitative estimate of drug-likeness (QED) is 0.0887. The summed E-state index contributed by atoms with van der Waals surface area (Å²) in [6.07, 6.45) is 5.21. The first-order valence-corrected chi connectivity index (χ1v) is 25.8. The second-order valence-electron chi connectivity index (χ2n) is 20.4. The molecule has 2 aromatic heterocycles. The lowest BCUT2D eigenvalue weighted by Gasteiger charge is -2.54. The molecule has 4 aromatic carbocycles. The Kier molecular flexibility index (Phi) is 20.1. The molecule has 0 bridgehead atoms. The van der Waals surface area contributed by atoms with Gasteiger partial charge in [-0.25, -0.2) is 8.78 Å². The third kappa shape index (κ3) is 12.5. The number of fused-ring (bicyclic) bond motifs is 4. The molecule has 79 heavy (non-hydrogen) atoms. The number of hydrogen-bond acceptors (Lipinski definition) is 10. The van der Waals surface area contributed by atoms with Crippen molar-refractivity contribution in [3.05, 3.63) is 196 Å². The molecule has 10 rings (SSSR count). The van der Waals surface area contributed by atoms with Crippen molar-refractivity contribution in [2.75, 3.05) is 40.4 Å². The third-order valence-corrected chi connectivity index (χ3v) is 15.6. The molecule has 0 atom stereocenters. The fourth-order valence-corrected chi connectivity index (χ4v) is 11.6. The number of pyridine rings is 2. The highest BCUT2D eigenvalue weighted by atomic mass is 79.9. The van der Waals surface area contributed by atoms with Crippen LogP contribution >= 0.6 is 40.2 Å². The smallest absolute Gasteiger partial charge is 0.274 e. The van der Waals surface area contributed by atoms with E-state index in [-0.39, 0.29) is 132 Å². The summed E-state index contributed by atoms with van der Waals surface area (Å²) in [4.78, 5) is 82.4. The summed E-state index contributed by atoms with van der Waals surface area (Å²) in [7, 11) is 3.30. The van der Waals surface area contributed by atoms with Gasteiger partial charge >= 0.3 is 0 Å². The summed E-state index contributed by atoms with van der Waals surface area (Å²) < 4.78 is 44.1. The van der Waals surface area contributed by atoms with E-state index in [4.69, 9.17) is 32.7 Å². The van der Waals surface area contributed by atoms with Gasteiger partial charge in [-0.15, -0.1) is 17.0 Å². The van der Waals surface area contributed by atoms with Gasteiger partial charge in [0.2, 0.25) is 10.9 Å². The van der Waals surface area contributed by atoms with Crippen LogP contribution in [0.2, 0.25) is 10.0 Å². The molecular weight excluding hydrogens is 1130 g/mol. The van der Waals surface area contributed by atoms with E-state index in [9.17, 15) is 47.8 Å². The van der Waals surface area contributed by atoms with Crippen LogP contribution in [0, 0.1) is 23.5 Å². The monoisotopic (exact) mass is 1190 g/mol. The van der Waals surface area contributed by atoms with E-state index >= 15 is 0 Å². The van der Waals surface area contributed by atoms with Crippen LogP contribution in [0.4, 0.5) is 8.78 Å². The molecule has 14 nitrogen and oxygen atoms in total. The van der Waals surface area contributed by atoms with E-state index in [1.54, 1.807) is 41.8 Å². The predicted octanol–water partition coefficient (Wildman–Crippen LogP) is 10.6. The molecular formula is C60H65BrCl2F2N4O10. The average Bonchev–Trinajstić information content (AvgIpc) is 3.60. The van der Waals surface area contributed by atoms with Gasteiger partial charge in [-0.2, -0.15) is 0 Å². The van der Waals surface area contributed by atoms with Crippen molar-refractivity contribution >= 4 is 63.6 Å². The van der Waals surface area contributed by atoms with Crippen LogP contribution in [-0.4, -0.2) is 92.9 Å². The number of ketones is 2. The Balaban J connectivity index is 0.000000261. The van der Waals surface area contributed by atoms with Crippen molar-refractivity contribution in [2.24, 2.45) is 11.8 Å². The first-order chi connectivity index (χ1) is 36.4. The molecule has 0 radical (unpaired) electrons. The van der Waals surface area contributed by atoms with Gasteiger partial charge in [-0.05, 0) is 84.7 Å². The zero-order valence-electron chi connectivity index (χ0n) is 42.3. The second-order valence-corrected chi connectivity index (χ2v) is 21.2. The lowest BCUT2D eigenvalue weighted by atomic mass is 9.67. The number of aliphatic hydroxyl groups excluding tert-OH is 1. The Morgan fingerprint density at radius 3 is 1.57 bits per heavy atom. The molecule has 2 N–H and O–H groups in total. The minimum atomic E-state index is -0.917. The normalized spacial score (nSPS) is 19.5. The van der Waals surface area contributed by atoms with Crippen molar-refractivity contribution in [3.63, 3.8) is 0 Å². The summed E-state index contributed by atoms with van der Waals surface area (Å²) in [5.74, 6) is -3.68. The number of aromatic hydroxyl groups is 1.